The normalized spacial score (nSPS) is 29.0. The third-order valence-electron chi connectivity index (χ3n) is 11.9. The highest BCUT2D eigenvalue weighted by atomic mass is 16.8. The summed E-state index contributed by atoms with van der Waals surface area (Å²) in [7, 11) is 0. The predicted octanol–water partition coefficient (Wildman–Crippen LogP) is 5.70. The number of carbonyl (C=O) groups excluding carboxylic acids is 1. The van der Waals surface area contributed by atoms with Crippen molar-refractivity contribution in [3.05, 3.63) is 0 Å². The maximum atomic E-state index is 13.5. The molecule has 2 saturated heterocycles. The summed E-state index contributed by atoms with van der Waals surface area (Å²) >= 11 is 0. The average Bonchev–Trinajstić information content (AvgIpc) is 3.20. The maximum Gasteiger partial charge on any atom is 0.311 e. The Bertz CT molecular complexity index is 972. The molecule has 0 unspecified atom stereocenters. The first kappa shape index (κ1) is 52.2. The first-order chi connectivity index (χ1) is 27.6. The number of aliphatic hydroxyl groups excluding tert-OH is 8. The summed E-state index contributed by atoms with van der Waals surface area (Å²) in [5, 5.41) is 83.2. The number of unbranched alkanes of at least 4 members (excludes halogenated alkanes) is 23. The van der Waals surface area contributed by atoms with E-state index in [0.29, 0.717) is 12.8 Å². The molecule has 0 amide bonds. The Morgan fingerprint density at radius 2 is 0.842 bits per heavy atom. The van der Waals surface area contributed by atoms with Gasteiger partial charge in [0.25, 0.3) is 0 Å². The lowest BCUT2D eigenvalue weighted by atomic mass is 9.91. The minimum absolute atomic E-state index is 0.453. The second-order valence-electron chi connectivity index (χ2n) is 16.9. The van der Waals surface area contributed by atoms with E-state index in [2.05, 4.69) is 13.8 Å². The number of carbonyl (C=O) groups is 1. The largest absolute Gasteiger partial charge is 0.463 e. The first-order valence-corrected chi connectivity index (χ1v) is 23.1. The van der Waals surface area contributed by atoms with Crippen molar-refractivity contribution in [2.24, 2.45) is 5.92 Å². The lowest BCUT2D eigenvalue weighted by molar-refractivity contribution is -0.376. The van der Waals surface area contributed by atoms with Crippen LogP contribution in [0.1, 0.15) is 187 Å². The molecule has 0 aromatic heterocycles. The lowest BCUT2D eigenvalue weighted by Crippen LogP contribution is -2.63. The van der Waals surface area contributed by atoms with Crippen molar-refractivity contribution < 1.29 is 64.6 Å². The number of hydrogen-bond acceptors (Lipinski definition) is 13. The van der Waals surface area contributed by atoms with Gasteiger partial charge in [0.2, 0.25) is 0 Å². The minimum atomic E-state index is -1.82. The Hall–Kier alpha value is -0.970. The van der Waals surface area contributed by atoms with Gasteiger partial charge in [0.05, 0.1) is 18.6 Å². The van der Waals surface area contributed by atoms with Gasteiger partial charge in [-0.25, -0.2) is 0 Å². The first-order valence-electron chi connectivity index (χ1n) is 23.1. The number of ether oxygens (including phenoxy) is 4. The predicted molar refractivity (Wildman–Crippen MR) is 218 cm³/mol. The summed E-state index contributed by atoms with van der Waals surface area (Å²) in [5.74, 6) is -1.41. The van der Waals surface area contributed by atoms with E-state index in [1.807, 2.05) is 0 Å². The summed E-state index contributed by atoms with van der Waals surface area (Å²) in [6.45, 7) is 3.25. The Morgan fingerprint density at radius 3 is 1.25 bits per heavy atom. The number of esters is 1. The van der Waals surface area contributed by atoms with Gasteiger partial charge in [0, 0.05) is 0 Å². The third-order valence-corrected chi connectivity index (χ3v) is 11.9. The van der Waals surface area contributed by atoms with Crippen LogP contribution in [-0.4, -0.2) is 128 Å². The molecule has 0 aromatic rings. The molecule has 2 heterocycles. The van der Waals surface area contributed by atoms with E-state index >= 15 is 0 Å². The van der Waals surface area contributed by atoms with E-state index in [4.69, 9.17) is 18.9 Å². The Morgan fingerprint density at radius 1 is 0.491 bits per heavy atom. The fraction of sp³-hybridized carbons (Fsp3) is 0.977. The highest BCUT2D eigenvalue weighted by Crippen LogP contribution is 2.29. The van der Waals surface area contributed by atoms with Crippen molar-refractivity contribution >= 4 is 5.97 Å². The van der Waals surface area contributed by atoms with Gasteiger partial charge in [0.1, 0.15) is 55.4 Å². The van der Waals surface area contributed by atoms with Crippen molar-refractivity contribution in [2.45, 2.75) is 255 Å². The molecule has 12 atom stereocenters. The standard InChI is InChI=1S/C44H84O13/c1-3-5-7-9-11-13-15-17-19-21-23-25-27-29-33(46)32(28-26-24-22-20-18-16-14-12-10-8-6-4-2)42(53)54-31-35-37(48)39(50)41(52)44(56-35)57-43-40(51)38(49)36(47)34(30-45)55-43/h32-41,43-52H,3-31H2,1-2H3/t32-,33-,34-,35-,36-,37-,38+,39+,40-,41-,43-,44-/m1/s1. The van der Waals surface area contributed by atoms with E-state index in [-0.39, 0.29) is 0 Å². The highest BCUT2D eigenvalue weighted by molar-refractivity contribution is 5.73. The van der Waals surface area contributed by atoms with Crippen LogP contribution in [0.15, 0.2) is 0 Å². The van der Waals surface area contributed by atoms with Crippen LogP contribution >= 0.6 is 0 Å². The summed E-state index contributed by atoms with van der Waals surface area (Å²) in [6, 6.07) is 0. The second kappa shape index (κ2) is 31.8. The minimum Gasteiger partial charge on any atom is -0.463 e. The molecule has 0 aromatic carbocycles. The molecule has 0 saturated carbocycles. The summed E-state index contributed by atoms with van der Waals surface area (Å²) in [5.41, 5.74) is 0. The van der Waals surface area contributed by atoms with Gasteiger partial charge in [-0.2, -0.15) is 0 Å². The van der Waals surface area contributed by atoms with Crippen molar-refractivity contribution in [3.8, 4) is 0 Å². The molecule has 0 spiro atoms. The van der Waals surface area contributed by atoms with Crippen LogP contribution < -0.4 is 0 Å². The molecule has 2 fully saturated rings. The quantitative estimate of drug-likeness (QED) is 0.0289. The average molecular weight is 821 g/mol. The van der Waals surface area contributed by atoms with Gasteiger partial charge in [-0.3, -0.25) is 4.79 Å². The number of aliphatic hydroxyl groups is 8. The van der Waals surface area contributed by atoms with E-state index in [1.54, 1.807) is 0 Å². The summed E-state index contributed by atoms with van der Waals surface area (Å²) < 4.78 is 22.1. The van der Waals surface area contributed by atoms with Crippen molar-refractivity contribution in [1.29, 1.82) is 0 Å². The Labute approximate surface area is 343 Å². The van der Waals surface area contributed by atoms with Gasteiger partial charge in [-0.05, 0) is 12.8 Å². The Kier molecular flexibility index (Phi) is 29.1. The zero-order valence-corrected chi connectivity index (χ0v) is 35.6. The molecule has 2 aliphatic rings. The van der Waals surface area contributed by atoms with E-state index in [0.717, 1.165) is 44.9 Å². The SMILES string of the molecule is CCCCCCCCCCCCCCC[C@@H](O)[C@@H](CCCCCCCCCCCCCC)C(=O)OC[C@H]1O[C@H](O[C@H]2O[C@H](CO)[C@@H](O)[C@H](O)[C@H]2O)[C@H](O)[C@@H](O)[C@@H]1O. The molecule has 13 heteroatoms. The fourth-order valence-corrected chi connectivity index (χ4v) is 7.99. The van der Waals surface area contributed by atoms with Crippen LogP contribution in [0.5, 0.6) is 0 Å². The molecule has 13 nitrogen and oxygen atoms in total. The van der Waals surface area contributed by atoms with Crippen LogP contribution in [0.4, 0.5) is 0 Å². The molecule has 0 aliphatic carbocycles. The van der Waals surface area contributed by atoms with Crippen LogP contribution in [0.3, 0.4) is 0 Å². The highest BCUT2D eigenvalue weighted by Gasteiger charge is 2.50. The Balaban J connectivity index is 1.87. The topological polar surface area (TPSA) is 216 Å². The van der Waals surface area contributed by atoms with Crippen LogP contribution in [0.2, 0.25) is 0 Å². The van der Waals surface area contributed by atoms with Gasteiger partial charge in [0.15, 0.2) is 12.6 Å². The zero-order chi connectivity index (χ0) is 41.8. The third kappa shape index (κ3) is 20.4. The lowest BCUT2D eigenvalue weighted by Gasteiger charge is -2.44. The van der Waals surface area contributed by atoms with Gasteiger partial charge >= 0.3 is 5.97 Å². The molecule has 0 radical (unpaired) electrons. The summed E-state index contributed by atoms with van der Waals surface area (Å²) in [4.78, 5) is 13.5. The van der Waals surface area contributed by atoms with Crippen molar-refractivity contribution in [3.63, 3.8) is 0 Å². The van der Waals surface area contributed by atoms with E-state index in [9.17, 15) is 45.6 Å². The van der Waals surface area contributed by atoms with Crippen molar-refractivity contribution in [2.75, 3.05) is 13.2 Å². The van der Waals surface area contributed by atoms with Gasteiger partial charge in [-0.15, -0.1) is 0 Å². The van der Waals surface area contributed by atoms with Crippen molar-refractivity contribution in [1.82, 2.24) is 0 Å². The monoisotopic (exact) mass is 821 g/mol. The zero-order valence-electron chi connectivity index (χ0n) is 35.6. The molecule has 2 rings (SSSR count). The van der Waals surface area contributed by atoms with Crippen LogP contribution in [-0.2, 0) is 23.7 Å². The fourth-order valence-electron chi connectivity index (χ4n) is 7.99. The van der Waals surface area contributed by atoms with E-state index in [1.165, 1.54) is 116 Å². The number of hydrogen-bond donors (Lipinski definition) is 8. The van der Waals surface area contributed by atoms with Crippen LogP contribution in [0, 0.1) is 5.92 Å². The maximum absolute atomic E-state index is 13.5. The molecule has 0 bridgehead atoms. The van der Waals surface area contributed by atoms with E-state index < -0.39 is 92.6 Å². The van der Waals surface area contributed by atoms with Gasteiger partial charge in [-0.1, -0.05) is 174 Å². The molecule has 8 N–H and O–H groups in total. The molecule has 338 valence electrons. The van der Waals surface area contributed by atoms with Crippen LogP contribution in [0.25, 0.3) is 0 Å². The van der Waals surface area contributed by atoms with Gasteiger partial charge < -0.3 is 59.8 Å². The smallest absolute Gasteiger partial charge is 0.311 e. The second-order valence-corrected chi connectivity index (χ2v) is 16.9. The molecular formula is C44H84O13. The number of rotatable bonds is 34. The molecule has 57 heavy (non-hydrogen) atoms. The summed E-state index contributed by atoms with van der Waals surface area (Å²) in [6.07, 6.45) is 13.5. The molecule has 2 aliphatic heterocycles. The molecular weight excluding hydrogens is 736 g/mol.